The molecule has 0 aliphatic carbocycles. The summed E-state index contributed by atoms with van der Waals surface area (Å²) < 4.78 is 6.71. The minimum absolute atomic E-state index is 0.0376. The first-order valence-corrected chi connectivity index (χ1v) is 8.07. The number of carbonyl (C=O) groups is 1. The van der Waals surface area contributed by atoms with E-state index in [-0.39, 0.29) is 18.4 Å². The van der Waals surface area contributed by atoms with Crippen molar-refractivity contribution in [3.05, 3.63) is 36.0 Å². The van der Waals surface area contributed by atoms with Crippen LogP contribution in [0.15, 0.2) is 28.8 Å². The largest absolute Gasteiger partial charge is 0.340 e. The van der Waals surface area contributed by atoms with Gasteiger partial charge in [0.05, 0.1) is 5.52 Å². The fourth-order valence-electron chi connectivity index (χ4n) is 3.16. The third-order valence-corrected chi connectivity index (χ3v) is 4.39. The molecular formula is C16H18N6O2. The van der Waals surface area contributed by atoms with Crippen LogP contribution in [0.2, 0.25) is 0 Å². The monoisotopic (exact) mass is 326 g/mol. The summed E-state index contributed by atoms with van der Waals surface area (Å²) in [5.41, 5.74) is 1.66. The molecule has 24 heavy (non-hydrogen) atoms. The Morgan fingerprint density at radius 2 is 2.25 bits per heavy atom. The summed E-state index contributed by atoms with van der Waals surface area (Å²) in [6.07, 6.45) is 1.90. The van der Waals surface area contributed by atoms with Crippen molar-refractivity contribution in [1.29, 1.82) is 0 Å². The molecule has 0 saturated carbocycles. The summed E-state index contributed by atoms with van der Waals surface area (Å²) >= 11 is 0. The van der Waals surface area contributed by atoms with Crippen LogP contribution in [-0.4, -0.2) is 49.0 Å². The number of piperidine rings is 1. The summed E-state index contributed by atoms with van der Waals surface area (Å²) in [7, 11) is 0. The van der Waals surface area contributed by atoms with Crippen LogP contribution in [0, 0.1) is 6.92 Å². The van der Waals surface area contributed by atoms with E-state index >= 15 is 0 Å². The Balaban J connectivity index is 1.48. The minimum Gasteiger partial charge on any atom is -0.340 e. The first-order valence-electron chi connectivity index (χ1n) is 8.07. The average molecular weight is 326 g/mol. The van der Waals surface area contributed by atoms with Crippen LogP contribution in [0.4, 0.5) is 0 Å². The molecule has 124 valence electrons. The van der Waals surface area contributed by atoms with Gasteiger partial charge in [0.1, 0.15) is 12.1 Å². The number of rotatable bonds is 3. The molecule has 3 aromatic rings. The van der Waals surface area contributed by atoms with Crippen molar-refractivity contribution in [2.75, 3.05) is 13.1 Å². The van der Waals surface area contributed by atoms with Gasteiger partial charge in [-0.05, 0) is 25.0 Å². The highest BCUT2D eigenvalue weighted by atomic mass is 16.5. The average Bonchev–Trinajstić information content (AvgIpc) is 3.22. The molecule has 1 amide bonds. The number of benzene rings is 1. The Hall–Kier alpha value is -2.77. The van der Waals surface area contributed by atoms with E-state index in [1.54, 1.807) is 11.6 Å². The van der Waals surface area contributed by atoms with E-state index in [0.29, 0.717) is 18.3 Å². The number of amides is 1. The fraction of sp³-hybridized carbons (Fsp3) is 0.438. The van der Waals surface area contributed by atoms with E-state index < -0.39 is 0 Å². The lowest BCUT2D eigenvalue weighted by atomic mass is 9.97. The molecule has 1 saturated heterocycles. The van der Waals surface area contributed by atoms with Crippen molar-refractivity contribution in [3.8, 4) is 0 Å². The smallest absolute Gasteiger partial charge is 0.244 e. The maximum atomic E-state index is 12.7. The first-order chi connectivity index (χ1) is 11.7. The topological polar surface area (TPSA) is 89.9 Å². The summed E-state index contributed by atoms with van der Waals surface area (Å²) in [6.45, 7) is 3.33. The maximum absolute atomic E-state index is 12.7. The summed E-state index contributed by atoms with van der Waals surface area (Å²) in [5, 5.41) is 12.2. The molecule has 2 aromatic heterocycles. The van der Waals surface area contributed by atoms with Crippen LogP contribution in [0.5, 0.6) is 0 Å². The van der Waals surface area contributed by atoms with E-state index in [1.165, 1.54) is 0 Å². The Morgan fingerprint density at radius 1 is 1.38 bits per heavy atom. The van der Waals surface area contributed by atoms with E-state index in [0.717, 1.165) is 30.4 Å². The second kappa shape index (κ2) is 6.03. The molecule has 0 spiro atoms. The van der Waals surface area contributed by atoms with Crippen molar-refractivity contribution in [2.45, 2.75) is 32.2 Å². The highest BCUT2D eigenvalue weighted by molar-refractivity contribution is 5.79. The number of aryl methyl sites for hydroxylation is 1. The van der Waals surface area contributed by atoms with Crippen LogP contribution in [0.3, 0.4) is 0 Å². The molecule has 8 nitrogen and oxygen atoms in total. The van der Waals surface area contributed by atoms with Gasteiger partial charge in [-0.3, -0.25) is 4.79 Å². The highest BCUT2D eigenvalue weighted by Crippen LogP contribution is 2.25. The molecule has 3 heterocycles. The van der Waals surface area contributed by atoms with E-state index in [2.05, 4.69) is 20.5 Å². The van der Waals surface area contributed by atoms with Gasteiger partial charge in [-0.15, -0.1) is 5.10 Å². The Labute approximate surface area is 138 Å². The molecule has 0 radical (unpaired) electrons. The lowest BCUT2D eigenvalue weighted by molar-refractivity contribution is -0.133. The Kier molecular flexibility index (Phi) is 3.72. The second-order valence-electron chi connectivity index (χ2n) is 6.09. The van der Waals surface area contributed by atoms with Crippen LogP contribution in [0.1, 0.15) is 30.5 Å². The van der Waals surface area contributed by atoms with Gasteiger partial charge in [0, 0.05) is 25.9 Å². The highest BCUT2D eigenvalue weighted by Gasteiger charge is 2.28. The fourth-order valence-corrected chi connectivity index (χ4v) is 3.16. The third kappa shape index (κ3) is 2.75. The number of hydrogen-bond acceptors (Lipinski definition) is 6. The lowest BCUT2D eigenvalue weighted by Crippen LogP contribution is -2.41. The Morgan fingerprint density at radius 3 is 3.08 bits per heavy atom. The molecule has 0 unspecified atom stereocenters. The van der Waals surface area contributed by atoms with Crippen molar-refractivity contribution < 1.29 is 9.32 Å². The third-order valence-electron chi connectivity index (χ3n) is 4.39. The zero-order valence-corrected chi connectivity index (χ0v) is 13.4. The van der Waals surface area contributed by atoms with Crippen LogP contribution < -0.4 is 0 Å². The van der Waals surface area contributed by atoms with Crippen molar-refractivity contribution in [3.63, 3.8) is 0 Å². The van der Waals surface area contributed by atoms with Gasteiger partial charge >= 0.3 is 0 Å². The number of likely N-dealkylation sites (tertiary alicyclic amines) is 1. The quantitative estimate of drug-likeness (QED) is 0.725. The van der Waals surface area contributed by atoms with E-state index in [1.807, 2.05) is 29.2 Å². The molecule has 1 fully saturated rings. The van der Waals surface area contributed by atoms with Crippen LogP contribution in [-0.2, 0) is 11.3 Å². The molecular weight excluding hydrogens is 308 g/mol. The molecule has 4 rings (SSSR count). The number of para-hydroxylation sites is 1. The maximum Gasteiger partial charge on any atom is 0.244 e. The van der Waals surface area contributed by atoms with Crippen molar-refractivity contribution >= 4 is 16.9 Å². The molecule has 1 aliphatic heterocycles. The van der Waals surface area contributed by atoms with Crippen LogP contribution >= 0.6 is 0 Å². The SMILES string of the molecule is Cc1nc([C@@H]2CCCN(C(=O)Cn3nnc4ccccc43)C2)no1. The molecule has 1 atom stereocenters. The van der Waals surface area contributed by atoms with E-state index in [9.17, 15) is 4.79 Å². The molecule has 0 N–H and O–H groups in total. The number of hydrogen-bond donors (Lipinski definition) is 0. The van der Waals surface area contributed by atoms with Crippen molar-refractivity contribution in [1.82, 2.24) is 30.0 Å². The summed E-state index contributed by atoms with van der Waals surface area (Å²) in [6, 6.07) is 7.63. The zero-order chi connectivity index (χ0) is 16.5. The van der Waals surface area contributed by atoms with E-state index in [4.69, 9.17) is 4.52 Å². The van der Waals surface area contributed by atoms with Gasteiger partial charge in [0.25, 0.3) is 0 Å². The van der Waals surface area contributed by atoms with Crippen LogP contribution in [0.25, 0.3) is 11.0 Å². The number of fused-ring (bicyclic) bond motifs is 1. The number of carbonyl (C=O) groups excluding carboxylic acids is 1. The minimum atomic E-state index is 0.0376. The molecule has 0 bridgehead atoms. The van der Waals surface area contributed by atoms with Crippen molar-refractivity contribution in [2.24, 2.45) is 0 Å². The summed E-state index contributed by atoms with van der Waals surface area (Å²) in [4.78, 5) is 18.8. The number of aromatic nitrogens is 5. The van der Waals surface area contributed by atoms with Gasteiger partial charge in [-0.1, -0.05) is 22.5 Å². The first kappa shape index (κ1) is 14.8. The van der Waals surface area contributed by atoms with Gasteiger partial charge in [0.15, 0.2) is 5.82 Å². The standard InChI is InChI=1S/C16H18N6O2/c1-11-17-16(19-24-11)12-5-4-8-21(9-12)15(23)10-22-14-7-3-2-6-13(14)18-20-22/h2-3,6-7,12H,4-5,8-10H2,1H3/t12-/m1/s1. The second-order valence-corrected chi connectivity index (χ2v) is 6.09. The predicted octanol–water partition coefficient (Wildman–Crippen LogP) is 1.53. The zero-order valence-electron chi connectivity index (χ0n) is 13.4. The molecule has 1 aromatic carbocycles. The normalized spacial score (nSPS) is 18.2. The van der Waals surface area contributed by atoms with Gasteiger partial charge in [-0.2, -0.15) is 4.98 Å². The summed E-state index contributed by atoms with van der Waals surface area (Å²) in [5.74, 6) is 1.42. The predicted molar refractivity (Wildman–Crippen MR) is 85.1 cm³/mol. The lowest BCUT2D eigenvalue weighted by Gasteiger charge is -2.31. The molecule has 1 aliphatic rings. The Bertz CT molecular complexity index is 870. The number of nitrogens with zero attached hydrogens (tertiary/aromatic N) is 6. The molecule has 8 heteroatoms. The van der Waals surface area contributed by atoms with Gasteiger partial charge in [0.2, 0.25) is 11.8 Å². The van der Waals surface area contributed by atoms with Gasteiger partial charge in [-0.25, -0.2) is 4.68 Å². The van der Waals surface area contributed by atoms with Gasteiger partial charge < -0.3 is 9.42 Å².